The number of hydrogen-bond acceptors (Lipinski definition) is 3. The van der Waals surface area contributed by atoms with E-state index in [1.165, 1.54) is 0 Å². The number of nitrogens with zero attached hydrogens (tertiary/aromatic N) is 1. The number of aryl methyl sites for hydroxylation is 1. The number of benzene rings is 1. The molecule has 1 aliphatic heterocycles. The van der Waals surface area contributed by atoms with E-state index in [-0.39, 0.29) is 30.2 Å². The number of carbonyl (C=O) groups excluding carboxylic acids is 2. The minimum absolute atomic E-state index is 0.0273. The highest BCUT2D eigenvalue weighted by Gasteiger charge is 2.43. The van der Waals surface area contributed by atoms with Crippen LogP contribution in [-0.2, 0) is 16.1 Å². The Morgan fingerprint density at radius 3 is 2.78 bits per heavy atom. The number of nitrogens with one attached hydrogen (secondary N) is 1. The maximum absolute atomic E-state index is 12.6. The van der Waals surface area contributed by atoms with Gasteiger partial charge in [0.1, 0.15) is 0 Å². The average molecular weight is 328 g/mol. The van der Waals surface area contributed by atoms with Gasteiger partial charge in [0.15, 0.2) is 0 Å². The lowest BCUT2D eigenvalue weighted by Crippen LogP contribution is -2.34. The minimum Gasteiger partial charge on any atom is -0.352 e. The molecular weight excluding hydrogens is 308 g/mol. The van der Waals surface area contributed by atoms with E-state index in [0.29, 0.717) is 6.54 Å². The van der Waals surface area contributed by atoms with E-state index < -0.39 is 0 Å². The number of thiophene rings is 1. The third-order valence-corrected chi connectivity index (χ3v) is 5.42. The van der Waals surface area contributed by atoms with Gasteiger partial charge in [-0.3, -0.25) is 9.59 Å². The molecule has 5 heteroatoms. The molecule has 2 atom stereocenters. The van der Waals surface area contributed by atoms with Gasteiger partial charge in [-0.25, -0.2) is 0 Å². The van der Waals surface area contributed by atoms with Gasteiger partial charge in [-0.05, 0) is 29.5 Å². The van der Waals surface area contributed by atoms with Crippen molar-refractivity contribution in [3.63, 3.8) is 0 Å². The van der Waals surface area contributed by atoms with Gasteiger partial charge in [0.2, 0.25) is 11.8 Å². The third-order valence-electron chi connectivity index (χ3n) is 4.47. The number of hydrogen-bond donors (Lipinski definition) is 1. The van der Waals surface area contributed by atoms with Gasteiger partial charge in [0.25, 0.3) is 0 Å². The van der Waals surface area contributed by atoms with E-state index in [0.717, 1.165) is 16.0 Å². The van der Waals surface area contributed by atoms with Crippen molar-refractivity contribution in [1.29, 1.82) is 0 Å². The Morgan fingerprint density at radius 1 is 1.30 bits per heavy atom. The molecule has 4 nitrogen and oxygen atoms in total. The summed E-state index contributed by atoms with van der Waals surface area (Å²) in [5, 5.41) is 4.98. The van der Waals surface area contributed by atoms with E-state index in [2.05, 4.69) is 5.32 Å². The van der Waals surface area contributed by atoms with Crippen molar-refractivity contribution in [1.82, 2.24) is 10.2 Å². The molecule has 0 bridgehead atoms. The lowest BCUT2D eigenvalue weighted by atomic mass is 9.97. The van der Waals surface area contributed by atoms with Crippen LogP contribution >= 0.6 is 11.3 Å². The molecule has 1 N–H and O–H groups in total. The van der Waals surface area contributed by atoms with Gasteiger partial charge in [-0.15, -0.1) is 11.3 Å². The number of rotatable bonds is 4. The van der Waals surface area contributed by atoms with Crippen molar-refractivity contribution in [2.24, 2.45) is 5.92 Å². The van der Waals surface area contributed by atoms with Gasteiger partial charge >= 0.3 is 0 Å². The first-order valence-electron chi connectivity index (χ1n) is 7.69. The molecule has 0 saturated carbocycles. The quantitative estimate of drug-likeness (QED) is 0.938. The molecule has 0 radical (unpaired) electrons. The summed E-state index contributed by atoms with van der Waals surface area (Å²) in [5.74, 6) is -0.348. The van der Waals surface area contributed by atoms with Crippen molar-refractivity contribution < 1.29 is 9.59 Å². The van der Waals surface area contributed by atoms with E-state index >= 15 is 0 Å². The molecule has 2 heterocycles. The van der Waals surface area contributed by atoms with Gasteiger partial charge < -0.3 is 10.2 Å². The summed E-state index contributed by atoms with van der Waals surface area (Å²) in [5.41, 5.74) is 2.26. The summed E-state index contributed by atoms with van der Waals surface area (Å²) >= 11 is 1.59. The Morgan fingerprint density at radius 2 is 2.09 bits per heavy atom. The molecule has 1 fully saturated rings. The van der Waals surface area contributed by atoms with Crippen LogP contribution in [0.5, 0.6) is 0 Å². The highest BCUT2D eigenvalue weighted by atomic mass is 32.1. The first kappa shape index (κ1) is 15.7. The molecule has 23 heavy (non-hydrogen) atoms. The Kier molecular flexibility index (Phi) is 4.48. The molecule has 1 aliphatic rings. The van der Waals surface area contributed by atoms with Crippen molar-refractivity contribution >= 4 is 23.2 Å². The standard InChI is InChI=1S/C18H20N2O2S/c1-12-6-3-4-7-13(12)11-19-18(22)14-10-16(21)20(2)17(14)15-8-5-9-23-15/h3-9,14,17H,10-11H2,1-2H3,(H,19,22)/t14-,17+/m1/s1. The molecule has 120 valence electrons. The van der Waals surface area contributed by atoms with Crippen molar-refractivity contribution in [3.8, 4) is 0 Å². The average Bonchev–Trinajstić information content (AvgIpc) is 3.15. The van der Waals surface area contributed by atoms with Crippen LogP contribution < -0.4 is 5.32 Å². The lowest BCUT2D eigenvalue weighted by molar-refractivity contribution is -0.128. The second-order valence-electron chi connectivity index (χ2n) is 5.92. The molecule has 0 unspecified atom stereocenters. The highest BCUT2D eigenvalue weighted by molar-refractivity contribution is 7.10. The summed E-state index contributed by atoms with van der Waals surface area (Å²) in [4.78, 5) is 27.5. The second kappa shape index (κ2) is 6.54. The van der Waals surface area contributed by atoms with Crippen LogP contribution in [0.1, 0.15) is 28.5 Å². The van der Waals surface area contributed by atoms with Crippen LogP contribution in [-0.4, -0.2) is 23.8 Å². The van der Waals surface area contributed by atoms with Crippen LogP contribution in [0.4, 0.5) is 0 Å². The smallest absolute Gasteiger partial charge is 0.226 e. The highest BCUT2D eigenvalue weighted by Crippen LogP contribution is 2.39. The predicted molar refractivity (Wildman–Crippen MR) is 91.0 cm³/mol. The summed E-state index contributed by atoms with van der Waals surface area (Å²) in [6.45, 7) is 2.53. The number of carbonyl (C=O) groups is 2. The SMILES string of the molecule is Cc1ccccc1CNC(=O)[C@@H]1CC(=O)N(C)[C@@H]1c1cccs1. The molecule has 1 aromatic carbocycles. The fourth-order valence-electron chi connectivity index (χ4n) is 3.08. The topological polar surface area (TPSA) is 49.4 Å². The zero-order chi connectivity index (χ0) is 16.4. The number of likely N-dealkylation sites (tertiary alicyclic amines) is 1. The fourth-order valence-corrected chi connectivity index (χ4v) is 4.01. The Balaban J connectivity index is 1.73. The zero-order valence-electron chi connectivity index (χ0n) is 13.3. The maximum Gasteiger partial charge on any atom is 0.226 e. The van der Waals surface area contributed by atoms with Gasteiger partial charge in [-0.1, -0.05) is 30.3 Å². The normalized spacial score (nSPS) is 20.8. The monoisotopic (exact) mass is 328 g/mol. The van der Waals surface area contributed by atoms with Crippen LogP contribution in [0.2, 0.25) is 0 Å². The van der Waals surface area contributed by atoms with E-state index in [1.54, 1.807) is 23.3 Å². The van der Waals surface area contributed by atoms with Gasteiger partial charge in [0.05, 0.1) is 12.0 Å². The molecule has 2 amide bonds. The summed E-state index contributed by atoms with van der Waals surface area (Å²) < 4.78 is 0. The Bertz CT molecular complexity index is 712. The van der Waals surface area contributed by atoms with E-state index in [4.69, 9.17) is 0 Å². The Hall–Kier alpha value is -2.14. The summed E-state index contributed by atoms with van der Waals surface area (Å²) in [7, 11) is 1.78. The van der Waals surface area contributed by atoms with E-state index in [1.807, 2.05) is 48.7 Å². The van der Waals surface area contributed by atoms with Crippen molar-refractivity contribution in [2.75, 3.05) is 7.05 Å². The maximum atomic E-state index is 12.6. The lowest BCUT2D eigenvalue weighted by Gasteiger charge is -2.23. The van der Waals surface area contributed by atoms with Gasteiger partial charge in [-0.2, -0.15) is 0 Å². The molecule has 0 spiro atoms. The van der Waals surface area contributed by atoms with Crippen molar-refractivity contribution in [2.45, 2.75) is 25.9 Å². The molecule has 0 aliphatic carbocycles. The van der Waals surface area contributed by atoms with E-state index in [9.17, 15) is 9.59 Å². The second-order valence-corrected chi connectivity index (χ2v) is 6.90. The Labute approximate surface area is 140 Å². The van der Waals surface area contributed by atoms with Gasteiger partial charge in [0, 0.05) is 24.9 Å². The largest absolute Gasteiger partial charge is 0.352 e. The summed E-state index contributed by atoms with van der Waals surface area (Å²) in [6.07, 6.45) is 0.276. The van der Waals surface area contributed by atoms with Crippen LogP contribution in [0, 0.1) is 12.8 Å². The van der Waals surface area contributed by atoms with Crippen molar-refractivity contribution in [3.05, 3.63) is 57.8 Å². The molecular formula is C18H20N2O2S. The molecule has 1 saturated heterocycles. The van der Waals surface area contributed by atoms with Crippen LogP contribution in [0.15, 0.2) is 41.8 Å². The third kappa shape index (κ3) is 3.15. The zero-order valence-corrected chi connectivity index (χ0v) is 14.1. The number of amides is 2. The molecule has 3 rings (SSSR count). The predicted octanol–water partition coefficient (Wildman–Crippen LogP) is 2.89. The first-order chi connectivity index (χ1) is 11.1. The molecule has 2 aromatic rings. The van der Waals surface area contributed by atoms with Crippen LogP contribution in [0.25, 0.3) is 0 Å². The minimum atomic E-state index is -0.324. The fraction of sp³-hybridized carbons (Fsp3) is 0.333. The van der Waals surface area contributed by atoms with Crippen LogP contribution in [0.3, 0.4) is 0 Å². The summed E-state index contributed by atoms with van der Waals surface area (Å²) in [6, 6.07) is 11.8. The first-order valence-corrected chi connectivity index (χ1v) is 8.57. The molecule has 1 aromatic heterocycles.